The van der Waals surface area contributed by atoms with Gasteiger partial charge in [0.2, 0.25) is 0 Å². The van der Waals surface area contributed by atoms with Crippen molar-refractivity contribution in [3.05, 3.63) is 63.3 Å². The lowest BCUT2D eigenvalue weighted by Gasteiger charge is -2.06. The second-order valence-electron chi connectivity index (χ2n) is 4.70. The number of rotatable bonds is 3. The maximum absolute atomic E-state index is 12.1. The molecule has 0 radical (unpaired) electrons. The van der Waals surface area contributed by atoms with Crippen LogP contribution in [0.3, 0.4) is 0 Å². The average molecular weight is 256 g/mol. The van der Waals surface area contributed by atoms with E-state index in [-0.39, 0.29) is 12.3 Å². The molecular formula is C15H16N2O2. The Labute approximate surface area is 111 Å². The first-order chi connectivity index (χ1) is 8.97. The van der Waals surface area contributed by atoms with Crippen LogP contribution in [0.2, 0.25) is 0 Å². The van der Waals surface area contributed by atoms with Gasteiger partial charge in [-0.15, -0.1) is 0 Å². The Balaban J connectivity index is 2.25. The quantitative estimate of drug-likeness (QED) is 0.790. The molecule has 2 aromatic rings. The largest absolute Gasteiger partial charge is 0.348 e. The third-order valence-corrected chi connectivity index (χ3v) is 3.16. The first-order valence-corrected chi connectivity index (χ1v) is 6.12. The number of Topliss-reactive ketones (excluding diaryl/α,β-unsaturated/α-hetero) is 1. The van der Waals surface area contributed by atoms with Gasteiger partial charge in [-0.1, -0.05) is 12.1 Å². The predicted octanol–water partition coefficient (Wildman–Crippen LogP) is 2.05. The van der Waals surface area contributed by atoms with Gasteiger partial charge >= 0.3 is 5.69 Å². The van der Waals surface area contributed by atoms with E-state index in [0.29, 0.717) is 11.3 Å². The molecule has 0 unspecified atom stereocenters. The summed E-state index contributed by atoms with van der Waals surface area (Å²) in [5, 5.41) is 0. The zero-order chi connectivity index (χ0) is 14.0. The number of hydrogen-bond donors (Lipinski definition) is 0. The van der Waals surface area contributed by atoms with Crippen molar-refractivity contribution in [3.63, 3.8) is 0 Å². The van der Waals surface area contributed by atoms with Gasteiger partial charge in [0, 0.05) is 17.5 Å². The van der Waals surface area contributed by atoms with E-state index in [2.05, 4.69) is 4.98 Å². The number of carbonyl (C=O) groups is 1. The Morgan fingerprint density at radius 3 is 2.53 bits per heavy atom. The van der Waals surface area contributed by atoms with E-state index in [1.165, 1.54) is 4.57 Å². The van der Waals surface area contributed by atoms with E-state index >= 15 is 0 Å². The summed E-state index contributed by atoms with van der Waals surface area (Å²) in [7, 11) is 0. The van der Waals surface area contributed by atoms with Crippen LogP contribution in [0.25, 0.3) is 0 Å². The van der Waals surface area contributed by atoms with Gasteiger partial charge in [-0.2, -0.15) is 4.98 Å². The van der Waals surface area contributed by atoms with Gasteiger partial charge in [0.1, 0.15) is 0 Å². The minimum atomic E-state index is -0.391. The van der Waals surface area contributed by atoms with Gasteiger partial charge in [0.25, 0.3) is 0 Å². The Morgan fingerprint density at radius 1 is 1.16 bits per heavy atom. The van der Waals surface area contributed by atoms with E-state index in [0.717, 1.165) is 11.1 Å². The molecule has 0 spiro atoms. The van der Waals surface area contributed by atoms with Crippen molar-refractivity contribution in [2.45, 2.75) is 27.3 Å². The summed E-state index contributed by atoms with van der Waals surface area (Å²) in [4.78, 5) is 27.6. The van der Waals surface area contributed by atoms with Gasteiger partial charge in [-0.05, 0) is 44.0 Å². The third-order valence-electron chi connectivity index (χ3n) is 3.16. The van der Waals surface area contributed by atoms with E-state index in [4.69, 9.17) is 0 Å². The molecular weight excluding hydrogens is 240 g/mol. The average Bonchev–Trinajstić information content (AvgIpc) is 2.36. The summed E-state index contributed by atoms with van der Waals surface area (Å²) in [5.41, 5.74) is 3.10. The van der Waals surface area contributed by atoms with Crippen LogP contribution < -0.4 is 5.69 Å². The zero-order valence-electron chi connectivity index (χ0n) is 11.3. The zero-order valence-corrected chi connectivity index (χ0v) is 11.3. The van der Waals surface area contributed by atoms with Crippen LogP contribution in [0.5, 0.6) is 0 Å². The fourth-order valence-corrected chi connectivity index (χ4v) is 1.80. The lowest BCUT2D eigenvalue weighted by atomic mass is 10.0. The van der Waals surface area contributed by atoms with E-state index in [9.17, 15) is 9.59 Å². The molecule has 0 atom stereocenters. The summed E-state index contributed by atoms with van der Waals surface area (Å²) in [6.07, 6.45) is 1.60. The minimum Gasteiger partial charge on any atom is -0.292 e. The summed E-state index contributed by atoms with van der Waals surface area (Å²) < 4.78 is 1.32. The molecule has 4 heteroatoms. The topological polar surface area (TPSA) is 52.0 Å². The summed E-state index contributed by atoms with van der Waals surface area (Å²) >= 11 is 0. The van der Waals surface area contributed by atoms with E-state index < -0.39 is 5.69 Å². The molecule has 1 aromatic carbocycles. The van der Waals surface area contributed by atoms with Crippen LogP contribution in [0.4, 0.5) is 0 Å². The summed E-state index contributed by atoms with van der Waals surface area (Å²) in [5.74, 6) is -0.0872. The standard InChI is InChI=1S/C15H16N2O2/c1-10-4-5-13(8-11(10)2)14(18)9-17-7-6-12(3)16-15(17)19/h4-8H,9H2,1-3H3. The van der Waals surface area contributed by atoms with Crippen molar-refractivity contribution in [1.29, 1.82) is 0 Å². The third kappa shape index (κ3) is 2.96. The maximum Gasteiger partial charge on any atom is 0.348 e. The predicted molar refractivity (Wildman–Crippen MR) is 73.5 cm³/mol. The normalized spacial score (nSPS) is 10.5. The number of ketones is 1. The number of benzene rings is 1. The highest BCUT2D eigenvalue weighted by atomic mass is 16.2. The van der Waals surface area contributed by atoms with Crippen molar-refractivity contribution >= 4 is 5.78 Å². The lowest BCUT2D eigenvalue weighted by Crippen LogP contribution is -2.26. The highest BCUT2D eigenvalue weighted by molar-refractivity contribution is 5.96. The van der Waals surface area contributed by atoms with Crippen LogP contribution in [-0.2, 0) is 6.54 Å². The molecule has 0 saturated heterocycles. The molecule has 0 aliphatic rings. The van der Waals surface area contributed by atoms with Crippen LogP contribution >= 0.6 is 0 Å². The van der Waals surface area contributed by atoms with Crippen molar-refractivity contribution < 1.29 is 4.79 Å². The first kappa shape index (κ1) is 13.2. The number of carbonyl (C=O) groups excluding carboxylic acids is 1. The SMILES string of the molecule is Cc1ccn(CC(=O)c2ccc(C)c(C)c2)c(=O)n1. The van der Waals surface area contributed by atoms with Gasteiger partial charge in [-0.3, -0.25) is 9.36 Å². The second kappa shape index (κ2) is 5.18. The van der Waals surface area contributed by atoms with E-state index in [1.807, 2.05) is 26.0 Å². The molecule has 2 rings (SSSR count). The smallest absolute Gasteiger partial charge is 0.292 e. The molecule has 19 heavy (non-hydrogen) atoms. The first-order valence-electron chi connectivity index (χ1n) is 6.12. The van der Waals surface area contributed by atoms with Crippen LogP contribution in [0.15, 0.2) is 35.3 Å². The Bertz CT molecular complexity index is 687. The molecule has 0 aliphatic carbocycles. The minimum absolute atomic E-state index is 0.0224. The van der Waals surface area contributed by atoms with Gasteiger partial charge in [-0.25, -0.2) is 4.79 Å². The van der Waals surface area contributed by atoms with Crippen LogP contribution in [0.1, 0.15) is 27.2 Å². The molecule has 4 nitrogen and oxygen atoms in total. The van der Waals surface area contributed by atoms with Crippen molar-refractivity contribution in [1.82, 2.24) is 9.55 Å². The lowest BCUT2D eigenvalue weighted by molar-refractivity contribution is 0.0970. The number of nitrogens with zero attached hydrogens (tertiary/aromatic N) is 2. The molecule has 0 amide bonds. The number of aromatic nitrogens is 2. The Morgan fingerprint density at radius 2 is 1.89 bits per heavy atom. The Hall–Kier alpha value is -2.23. The molecule has 0 fully saturated rings. The molecule has 0 aliphatic heterocycles. The van der Waals surface area contributed by atoms with Gasteiger partial charge < -0.3 is 0 Å². The molecule has 0 saturated carbocycles. The number of aryl methyl sites for hydroxylation is 3. The Kier molecular flexibility index (Phi) is 3.60. The highest BCUT2D eigenvalue weighted by Gasteiger charge is 2.09. The molecule has 98 valence electrons. The van der Waals surface area contributed by atoms with Crippen LogP contribution in [0, 0.1) is 20.8 Å². The summed E-state index contributed by atoms with van der Waals surface area (Å²) in [6, 6.07) is 7.27. The molecule has 0 bridgehead atoms. The second-order valence-corrected chi connectivity index (χ2v) is 4.70. The van der Waals surface area contributed by atoms with Crippen molar-refractivity contribution in [2.75, 3.05) is 0 Å². The van der Waals surface area contributed by atoms with Crippen molar-refractivity contribution in [3.8, 4) is 0 Å². The monoisotopic (exact) mass is 256 g/mol. The highest BCUT2D eigenvalue weighted by Crippen LogP contribution is 2.10. The number of hydrogen-bond acceptors (Lipinski definition) is 3. The van der Waals surface area contributed by atoms with E-state index in [1.54, 1.807) is 25.3 Å². The van der Waals surface area contributed by atoms with Crippen molar-refractivity contribution in [2.24, 2.45) is 0 Å². The fraction of sp³-hybridized carbons (Fsp3) is 0.267. The maximum atomic E-state index is 12.1. The fourth-order valence-electron chi connectivity index (χ4n) is 1.80. The molecule has 0 N–H and O–H groups in total. The summed E-state index contributed by atoms with van der Waals surface area (Å²) in [6.45, 7) is 5.73. The van der Waals surface area contributed by atoms with Crippen LogP contribution in [-0.4, -0.2) is 15.3 Å². The van der Waals surface area contributed by atoms with Gasteiger partial charge in [0.15, 0.2) is 5.78 Å². The van der Waals surface area contributed by atoms with Gasteiger partial charge in [0.05, 0.1) is 6.54 Å². The molecule has 1 aromatic heterocycles. The molecule has 1 heterocycles.